The first-order valence-corrected chi connectivity index (χ1v) is 8.45. The van der Waals surface area contributed by atoms with Gasteiger partial charge in [0, 0.05) is 30.9 Å². The fourth-order valence-electron chi connectivity index (χ4n) is 3.09. The topological polar surface area (TPSA) is 43.3 Å². The van der Waals surface area contributed by atoms with Crippen molar-refractivity contribution in [3.05, 3.63) is 42.0 Å². The summed E-state index contributed by atoms with van der Waals surface area (Å²) in [6, 6.07) is 11.7. The van der Waals surface area contributed by atoms with E-state index < -0.39 is 0 Å². The van der Waals surface area contributed by atoms with Gasteiger partial charge in [-0.05, 0) is 31.0 Å². The highest BCUT2D eigenvalue weighted by Gasteiger charge is 2.19. The van der Waals surface area contributed by atoms with Gasteiger partial charge in [0.1, 0.15) is 22.9 Å². The van der Waals surface area contributed by atoms with Crippen molar-refractivity contribution in [1.82, 2.24) is 0 Å². The molecule has 1 aliphatic rings. The number of aliphatic imine (C=N–C) groups is 1. The highest BCUT2D eigenvalue weighted by atomic mass is 16.5. The molecule has 1 fully saturated rings. The molecule has 0 spiro atoms. The quantitative estimate of drug-likeness (QED) is 0.744. The summed E-state index contributed by atoms with van der Waals surface area (Å²) in [5.41, 5.74) is 2.72. The fraction of sp³-hybridized carbons (Fsp3) is 0.350. The van der Waals surface area contributed by atoms with Crippen LogP contribution in [0.3, 0.4) is 0 Å². The minimum Gasteiger partial charge on any atom is -0.496 e. The summed E-state index contributed by atoms with van der Waals surface area (Å²) in [6.07, 6.45) is 4.21. The molecule has 0 bridgehead atoms. The van der Waals surface area contributed by atoms with Crippen molar-refractivity contribution in [2.75, 3.05) is 39.3 Å². The van der Waals surface area contributed by atoms with Crippen molar-refractivity contribution in [2.45, 2.75) is 12.8 Å². The van der Waals surface area contributed by atoms with Crippen molar-refractivity contribution < 1.29 is 14.2 Å². The van der Waals surface area contributed by atoms with E-state index in [1.54, 1.807) is 27.5 Å². The predicted octanol–water partition coefficient (Wildman–Crippen LogP) is 4.06. The second kappa shape index (κ2) is 7.92. The Hall–Kier alpha value is -2.69. The number of hydrogen-bond acceptors (Lipinski definition) is 5. The summed E-state index contributed by atoms with van der Waals surface area (Å²) in [5, 5.41) is 0. The number of hydrogen-bond donors (Lipinski definition) is 0. The summed E-state index contributed by atoms with van der Waals surface area (Å²) in [5.74, 6) is 2.35. The lowest BCUT2D eigenvalue weighted by atomic mass is 10.1. The third kappa shape index (κ3) is 3.71. The van der Waals surface area contributed by atoms with Crippen LogP contribution in [-0.2, 0) is 0 Å². The molecule has 0 saturated carbocycles. The van der Waals surface area contributed by atoms with E-state index in [0.717, 1.165) is 47.3 Å². The maximum absolute atomic E-state index is 5.61. The SMILES string of the molecule is COc1cc(N2CCCC2)c(OC)cc1C=Nc1ccccc1OC. The Balaban J connectivity index is 1.96. The highest BCUT2D eigenvalue weighted by molar-refractivity contribution is 5.88. The van der Waals surface area contributed by atoms with Crippen LogP contribution in [0.5, 0.6) is 17.2 Å². The van der Waals surface area contributed by atoms with Crippen molar-refractivity contribution in [3.8, 4) is 17.2 Å². The van der Waals surface area contributed by atoms with E-state index in [4.69, 9.17) is 14.2 Å². The standard InChI is InChI=1S/C20H24N2O3/c1-23-18-9-5-4-8-16(18)21-14-15-12-20(25-3)17(13-19(15)24-2)22-10-6-7-11-22/h4-5,8-9,12-14H,6-7,10-11H2,1-3H3. The molecule has 0 radical (unpaired) electrons. The van der Waals surface area contributed by atoms with Crippen LogP contribution in [0.4, 0.5) is 11.4 Å². The summed E-state index contributed by atoms with van der Waals surface area (Å²) in [4.78, 5) is 6.90. The third-order valence-corrected chi connectivity index (χ3v) is 4.41. The second-order valence-corrected chi connectivity index (χ2v) is 5.89. The summed E-state index contributed by atoms with van der Waals surface area (Å²) < 4.78 is 16.5. The number of rotatable bonds is 6. The molecule has 2 aromatic rings. The molecule has 1 heterocycles. The minimum absolute atomic E-state index is 0.735. The first-order valence-electron chi connectivity index (χ1n) is 8.45. The molecule has 0 N–H and O–H groups in total. The van der Waals surface area contributed by atoms with E-state index in [1.807, 2.05) is 36.4 Å². The van der Waals surface area contributed by atoms with Gasteiger partial charge in [-0.25, -0.2) is 0 Å². The molecular formula is C20H24N2O3. The van der Waals surface area contributed by atoms with Gasteiger partial charge < -0.3 is 19.1 Å². The molecule has 1 aliphatic heterocycles. The molecule has 0 unspecified atom stereocenters. The lowest BCUT2D eigenvalue weighted by Gasteiger charge is -2.22. The Labute approximate surface area is 148 Å². The van der Waals surface area contributed by atoms with Gasteiger partial charge in [-0.15, -0.1) is 0 Å². The molecule has 1 saturated heterocycles. The lowest BCUT2D eigenvalue weighted by Crippen LogP contribution is -2.18. The maximum Gasteiger partial charge on any atom is 0.144 e. The van der Waals surface area contributed by atoms with Gasteiger partial charge in [0.2, 0.25) is 0 Å². The monoisotopic (exact) mass is 340 g/mol. The lowest BCUT2D eigenvalue weighted by molar-refractivity contribution is 0.402. The number of nitrogens with zero attached hydrogens (tertiary/aromatic N) is 2. The molecule has 5 nitrogen and oxygen atoms in total. The second-order valence-electron chi connectivity index (χ2n) is 5.89. The molecule has 0 atom stereocenters. The molecule has 3 rings (SSSR count). The average molecular weight is 340 g/mol. The van der Waals surface area contributed by atoms with Crippen LogP contribution in [0.2, 0.25) is 0 Å². The summed E-state index contributed by atoms with van der Waals surface area (Å²) in [6.45, 7) is 2.10. The van der Waals surface area contributed by atoms with Crippen molar-refractivity contribution in [2.24, 2.45) is 4.99 Å². The van der Waals surface area contributed by atoms with Crippen LogP contribution in [0.1, 0.15) is 18.4 Å². The molecule has 0 aromatic heterocycles. The van der Waals surface area contributed by atoms with Gasteiger partial charge in [-0.2, -0.15) is 0 Å². The Morgan fingerprint density at radius 3 is 2.24 bits per heavy atom. The zero-order chi connectivity index (χ0) is 17.6. The zero-order valence-electron chi connectivity index (χ0n) is 15.0. The van der Waals surface area contributed by atoms with E-state index in [0.29, 0.717) is 0 Å². The van der Waals surface area contributed by atoms with Crippen LogP contribution in [0.15, 0.2) is 41.4 Å². The molecule has 132 valence electrons. The predicted molar refractivity (Wildman–Crippen MR) is 101 cm³/mol. The number of anilines is 1. The molecule has 5 heteroatoms. The molecule has 0 amide bonds. The summed E-state index contributed by atoms with van der Waals surface area (Å²) >= 11 is 0. The molecule has 2 aromatic carbocycles. The van der Waals surface area contributed by atoms with Crippen LogP contribution < -0.4 is 19.1 Å². The zero-order valence-corrected chi connectivity index (χ0v) is 15.0. The average Bonchev–Trinajstić information content (AvgIpc) is 3.20. The van der Waals surface area contributed by atoms with E-state index in [-0.39, 0.29) is 0 Å². The molecular weight excluding hydrogens is 316 g/mol. The largest absolute Gasteiger partial charge is 0.496 e. The first-order chi connectivity index (χ1) is 12.3. The van der Waals surface area contributed by atoms with E-state index >= 15 is 0 Å². The number of benzene rings is 2. The molecule has 0 aliphatic carbocycles. The van der Waals surface area contributed by atoms with E-state index in [1.165, 1.54) is 12.8 Å². The minimum atomic E-state index is 0.735. The van der Waals surface area contributed by atoms with E-state index in [2.05, 4.69) is 9.89 Å². The van der Waals surface area contributed by atoms with Gasteiger partial charge in [-0.1, -0.05) is 12.1 Å². The number of ether oxygens (including phenoxy) is 3. The van der Waals surface area contributed by atoms with Crippen LogP contribution in [0.25, 0.3) is 0 Å². The van der Waals surface area contributed by atoms with Crippen molar-refractivity contribution in [3.63, 3.8) is 0 Å². The summed E-state index contributed by atoms with van der Waals surface area (Å²) in [7, 11) is 5.02. The van der Waals surface area contributed by atoms with Crippen LogP contribution in [-0.4, -0.2) is 40.6 Å². The van der Waals surface area contributed by atoms with Crippen molar-refractivity contribution in [1.29, 1.82) is 0 Å². The smallest absolute Gasteiger partial charge is 0.144 e. The molecule has 25 heavy (non-hydrogen) atoms. The number of para-hydroxylation sites is 2. The highest BCUT2D eigenvalue weighted by Crippen LogP contribution is 2.37. The van der Waals surface area contributed by atoms with E-state index in [9.17, 15) is 0 Å². The Morgan fingerprint density at radius 2 is 1.56 bits per heavy atom. The van der Waals surface area contributed by atoms with Gasteiger partial charge >= 0.3 is 0 Å². The van der Waals surface area contributed by atoms with Crippen molar-refractivity contribution >= 4 is 17.6 Å². The fourth-order valence-corrected chi connectivity index (χ4v) is 3.09. The number of methoxy groups -OCH3 is 3. The Morgan fingerprint density at radius 1 is 0.880 bits per heavy atom. The normalized spacial score (nSPS) is 14.1. The Kier molecular flexibility index (Phi) is 5.43. The Bertz CT molecular complexity index is 753. The van der Waals surface area contributed by atoms with Gasteiger partial charge in [0.15, 0.2) is 0 Å². The van der Waals surface area contributed by atoms with Gasteiger partial charge in [0.25, 0.3) is 0 Å². The van der Waals surface area contributed by atoms with Crippen LogP contribution >= 0.6 is 0 Å². The third-order valence-electron chi connectivity index (χ3n) is 4.41. The van der Waals surface area contributed by atoms with Gasteiger partial charge in [-0.3, -0.25) is 4.99 Å². The van der Waals surface area contributed by atoms with Gasteiger partial charge in [0.05, 0.1) is 27.0 Å². The maximum atomic E-state index is 5.61. The first kappa shape index (κ1) is 17.1. The van der Waals surface area contributed by atoms with Crippen LogP contribution in [0, 0.1) is 0 Å².